The summed E-state index contributed by atoms with van der Waals surface area (Å²) in [5.74, 6) is -0.143. The highest BCUT2D eigenvalue weighted by atomic mass is 32.2. The van der Waals surface area contributed by atoms with Gasteiger partial charge in [0.05, 0.1) is 6.04 Å². The second-order valence-corrected chi connectivity index (χ2v) is 6.10. The zero-order valence-electron chi connectivity index (χ0n) is 12.3. The van der Waals surface area contributed by atoms with Gasteiger partial charge in [0.2, 0.25) is 5.91 Å². The summed E-state index contributed by atoms with van der Waals surface area (Å²) >= 11 is 1.67. The lowest BCUT2D eigenvalue weighted by Gasteiger charge is -2.11. The molecule has 0 aliphatic carbocycles. The number of nitrogens with one attached hydrogen (secondary N) is 1. The van der Waals surface area contributed by atoms with E-state index in [-0.39, 0.29) is 5.91 Å². The van der Waals surface area contributed by atoms with Gasteiger partial charge in [0.15, 0.2) is 0 Å². The number of aryl methyl sites for hydroxylation is 1. The molecule has 3 N–H and O–H groups in total. The Hall–Kier alpha value is -1.78. The molecule has 0 heterocycles. The van der Waals surface area contributed by atoms with E-state index in [9.17, 15) is 4.79 Å². The Balaban J connectivity index is 2.09. The molecule has 0 bridgehead atoms. The monoisotopic (exact) mass is 300 g/mol. The van der Waals surface area contributed by atoms with Crippen LogP contribution < -0.4 is 11.1 Å². The molecule has 1 unspecified atom stereocenters. The lowest BCUT2D eigenvalue weighted by Crippen LogP contribution is -2.34. The van der Waals surface area contributed by atoms with E-state index in [1.807, 2.05) is 37.3 Å². The highest BCUT2D eigenvalue weighted by Gasteiger charge is 2.11. The first-order valence-corrected chi connectivity index (χ1v) is 7.81. The number of nitrogens with two attached hydrogens (primary N) is 1. The Morgan fingerprint density at radius 1 is 1.19 bits per heavy atom. The van der Waals surface area contributed by atoms with Crippen molar-refractivity contribution in [1.82, 2.24) is 0 Å². The van der Waals surface area contributed by atoms with Crippen LogP contribution in [0.15, 0.2) is 58.3 Å². The molecular weight excluding hydrogens is 280 g/mol. The quantitative estimate of drug-likeness (QED) is 0.882. The molecule has 110 valence electrons. The van der Waals surface area contributed by atoms with Gasteiger partial charge in [-0.25, -0.2) is 0 Å². The van der Waals surface area contributed by atoms with Crippen molar-refractivity contribution in [3.05, 3.63) is 54.1 Å². The molecule has 0 aliphatic rings. The maximum Gasteiger partial charge on any atom is 0.241 e. The number of amides is 1. The second-order valence-electron chi connectivity index (χ2n) is 4.95. The number of anilines is 1. The zero-order valence-corrected chi connectivity index (χ0v) is 13.1. The lowest BCUT2D eigenvalue weighted by atomic mass is 10.2. The van der Waals surface area contributed by atoms with Crippen molar-refractivity contribution in [2.75, 3.05) is 5.32 Å². The first-order chi connectivity index (χ1) is 10.1. The minimum atomic E-state index is -0.460. The third-order valence-electron chi connectivity index (χ3n) is 3.10. The number of carbonyl (C=O) groups is 1. The number of hydrogen-bond donors (Lipinski definition) is 2. The summed E-state index contributed by atoms with van der Waals surface area (Å²) in [4.78, 5) is 14.1. The van der Waals surface area contributed by atoms with Crippen molar-refractivity contribution in [1.29, 1.82) is 0 Å². The smallest absolute Gasteiger partial charge is 0.241 e. The molecule has 0 spiro atoms. The minimum absolute atomic E-state index is 0.143. The fraction of sp³-hybridized carbons (Fsp3) is 0.235. The van der Waals surface area contributed by atoms with Gasteiger partial charge in [-0.15, -0.1) is 0 Å². The van der Waals surface area contributed by atoms with Crippen LogP contribution in [0.1, 0.15) is 18.9 Å². The molecule has 0 aliphatic heterocycles. The van der Waals surface area contributed by atoms with Gasteiger partial charge in [-0.05, 0) is 43.7 Å². The largest absolute Gasteiger partial charge is 0.325 e. The molecule has 0 saturated heterocycles. The highest BCUT2D eigenvalue weighted by Crippen LogP contribution is 2.29. The van der Waals surface area contributed by atoms with Gasteiger partial charge >= 0.3 is 0 Å². The lowest BCUT2D eigenvalue weighted by molar-refractivity contribution is -0.117. The highest BCUT2D eigenvalue weighted by molar-refractivity contribution is 7.99. The third-order valence-corrected chi connectivity index (χ3v) is 4.08. The normalized spacial score (nSPS) is 12.0. The van der Waals surface area contributed by atoms with Gasteiger partial charge < -0.3 is 11.1 Å². The Bertz CT molecular complexity index is 628. The molecule has 21 heavy (non-hydrogen) atoms. The molecule has 1 amide bonds. The molecule has 0 saturated carbocycles. The van der Waals surface area contributed by atoms with Crippen LogP contribution in [0, 0.1) is 6.92 Å². The number of rotatable bonds is 5. The fourth-order valence-corrected chi connectivity index (χ4v) is 2.87. The van der Waals surface area contributed by atoms with Gasteiger partial charge in [0.1, 0.15) is 0 Å². The topological polar surface area (TPSA) is 55.1 Å². The van der Waals surface area contributed by atoms with E-state index < -0.39 is 6.04 Å². The summed E-state index contributed by atoms with van der Waals surface area (Å²) in [5, 5.41) is 2.85. The van der Waals surface area contributed by atoms with Crippen LogP contribution in [0.25, 0.3) is 0 Å². The summed E-state index contributed by atoms with van der Waals surface area (Å²) in [5.41, 5.74) is 7.74. The molecule has 3 nitrogen and oxygen atoms in total. The Kier molecular flexibility index (Phi) is 5.42. The Labute approximate surface area is 129 Å². The van der Waals surface area contributed by atoms with Crippen LogP contribution in [-0.4, -0.2) is 11.9 Å². The molecule has 0 fully saturated rings. The summed E-state index contributed by atoms with van der Waals surface area (Å²) < 4.78 is 0. The van der Waals surface area contributed by atoms with E-state index in [4.69, 9.17) is 5.73 Å². The molecule has 0 radical (unpaired) electrons. The number of carbonyl (C=O) groups excluding carboxylic acids is 1. The second kappa shape index (κ2) is 7.29. The Morgan fingerprint density at radius 2 is 1.86 bits per heavy atom. The minimum Gasteiger partial charge on any atom is -0.325 e. The van der Waals surface area contributed by atoms with Crippen LogP contribution in [0.2, 0.25) is 0 Å². The maximum atomic E-state index is 11.8. The predicted octanol–water partition coefficient (Wildman–Crippen LogP) is 3.82. The van der Waals surface area contributed by atoms with Crippen molar-refractivity contribution in [3.63, 3.8) is 0 Å². The number of hydrogen-bond acceptors (Lipinski definition) is 3. The molecule has 2 aromatic carbocycles. The average Bonchev–Trinajstić information content (AvgIpc) is 2.46. The zero-order chi connectivity index (χ0) is 15.2. The molecule has 0 aromatic heterocycles. The van der Waals surface area contributed by atoms with Crippen LogP contribution in [0.5, 0.6) is 0 Å². The third kappa shape index (κ3) is 4.62. The summed E-state index contributed by atoms with van der Waals surface area (Å²) in [7, 11) is 0. The van der Waals surface area contributed by atoms with Gasteiger partial charge in [-0.2, -0.15) is 0 Å². The standard InChI is InChI=1S/C17H20N2OS/c1-3-16(18)17(20)19-13-7-5-9-15(11-13)21-14-8-4-6-12(2)10-14/h4-11,16H,3,18H2,1-2H3,(H,19,20). The van der Waals surface area contributed by atoms with Gasteiger partial charge in [0.25, 0.3) is 0 Å². The maximum absolute atomic E-state index is 11.8. The first-order valence-electron chi connectivity index (χ1n) is 6.99. The summed E-state index contributed by atoms with van der Waals surface area (Å²) in [6.07, 6.45) is 0.629. The van der Waals surface area contributed by atoms with Crippen molar-refractivity contribution >= 4 is 23.4 Å². The molecule has 4 heteroatoms. The van der Waals surface area contributed by atoms with Crippen molar-refractivity contribution in [3.8, 4) is 0 Å². The SMILES string of the molecule is CCC(N)C(=O)Nc1cccc(Sc2cccc(C)c2)c1. The fourth-order valence-electron chi connectivity index (χ4n) is 1.87. The van der Waals surface area contributed by atoms with Gasteiger partial charge in [-0.1, -0.05) is 42.4 Å². The van der Waals surface area contributed by atoms with Crippen LogP contribution in [0.4, 0.5) is 5.69 Å². The number of benzene rings is 2. The van der Waals surface area contributed by atoms with Crippen LogP contribution in [0.3, 0.4) is 0 Å². The van der Waals surface area contributed by atoms with Gasteiger partial charge in [0, 0.05) is 15.5 Å². The van der Waals surface area contributed by atoms with Crippen LogP contribution in [-0.2, 0) is 4.79 Å². The van der Waals surface area contributed by atoms with Crippen molar-refractivity contribution in [2.24, 2.45) is 5.73 Å². The molecule has 2 rings (SSSR count). The first kappa shape index (κ1) is 15.6. The van der Waals surface area contributed by atoms with E-state index >= 15 is 0 Å². The molecular formula is C17H20N2OS. The van der Waals surface area contributed by atoms with Gasteiger partial charge in [-0.3, -0.25) is 4.79 Å². The van der Waals surface area contributed by atoms with Crippen molar-refractivity contribution in [2.45, 2.75) is 36.1 Å². The summed E-state index contributed by atoms with van der Waals surface area (Å²) in [6.45, 7) is 3.97. The average molecular weight is 300 g/mol. The predicted molar refractivity (Wildman–Crippen MR) is 88.6 cm³/mol. The summed E-state index contributed by atoms with van der Waals surface area (Å²) in [6, 6.07) is 15.7. The van der Waals surface area contributed by atoms with E-state index in [1.54, 1.807) is 11.8 Å². The molecule has 2 aromatic rings. The van der Waals surface area contributed by atoms with E-state index in [2.05, 4.69) is 30.4 Å². The van der Waals surface area contributed by atoms with E-state index in [1.165, 1.54) is 10.5 Å². The Morgan fingerprint density at radius 3 is 2.52 bits per heavy atom. The van der Waals surface area contributed by atoms with Crippen molar-refractivity contribution < 1.29 is 4.79 Å². The van der Waals surface area contributed by atoms with E-state index in [0.717, 1.165) is 10.6 Å². The van der Waals surface area contributed by atoms with E-state index in [0.29, 0.717) is 6.42 Å². The molecule has 1 atom stereocenters. The van der Waals surface area contributed by atoms with Crippen LogP contribution >= 0.6 is 11.8 Å².